The van der Waals surface area contributed by atoms with Crippen LogP contribution in [0.15, 0.2) is 36.9 Å². The van der Waals surface area contributed by atoms with Crippen LogP contribution in [0, 0.1) is 5.92 Å². The third kappa shape index (κ3) is 1.96. The lowest BCUT2D eigenvalue weighted by Crippen LogP contribution is -2.35. The van der Waals surface area contributed by atoms with Crippen LogP contribution in [0.25, 0.3) is 0 Å². The van der Waals surface area contributed by atoms with E-state index in [1.165, 1.54) is 7.11 Å². The van der Waals surface area contributed by atoms with Crippen LogP contribution in [-0.2, 0) is 15.0 Å². The number of carbonyl (C=O) groups excluding carboxylic acids is 1. The quantitative estimate of drug-likeness (QED) is 0.660. The molecule has 0 radical (unpaired) electrons. The molecule has 1 saturated carbocycles. The van der Waals surface area contributed by atoms with E-state index in [9.17, 15) is 4.79 Å². The average Bonchev–Trinajstić information content (AvgIpc) is 3.06. The van der Waals surface area contributed by atoms with Gasteiger partial charge in [-0.25, -0.2) is 5.48 Å². The van der Waals surface area contributed by atoms with Gasteiger partial charge in [-0.2, -0.15) is 0 Å². The summed E-state index contributed by atoms with van der Waals surface area (Å²) >= 11 is 5.85. The lowest BCUT2D eigenvalue weighted by atomic mass is 9.92. The molecule has 1 aliphatic rings. The Morgan fingerprint density at radius 1 is 1.59 bits per heavy atom. The molecule has 1 aliphatic carbocycles. The number of amides is 1. The van der Waals surface area contributed by atoms with Crippen LogP contribution in [-0.4, -0.2) is 13.0 Å². The molecule has 0 aromatic heterocycles. The molecule has 1 N–H and O–H groups in total. The molecule has 0 heterocycles. The van der Waals surface area contributed by atoms with Crippen molar-refractivity contribution in [1.82, 2.24) is 5.48 Å². The van der Waals surface area contributed by atoms with E-state index < -0.39 is 5.41 Å². The van der Waals surface area contributed by atoms with E-state index >= 15 is 0 Å². The lowest BCUT2D eigenvalue weighted by molar-refractivity contribution is -0.134. The highest BCUT2D eigenvalue weighted by Crippen LogP contribution is 2.55. The van der Waals surface area contributed by atoms with Crippen molar-refractivity contribution in [3.63, 3.8) is 0 Å². The van der Waals surface area contributed by atoms with Crippen molar-refractivity contribution < 1.29 is 9.63 Å². The third-order valence-corrected chi connectivity index (χ3v) is 3.51. The van der Waals surface area contributed by atoms with E-state index in [0.29, 0.717) is 5.02 Å². The van der Waals surface area contributed by atoms with Crippen LogP contribution < -0.4 is 5.48 Å². The van der Waals surface area contributed by atoms with E-state index in [4.69, 9.17) is 16.4 Å². The Morgan fingerprint density at radius 3 is 2.71 bits per heavy atom. The Kier molecular flexibility index (Phi) is 3.22. The van der Waals surface area contributed by atoms with Gasteiger partial charge in [-0.3, -0.25) is 9.63 Å². The summed E-state index contributed by atoms with van der Waals surface area (Å²) in [5, 5.41) is 0.659. The SMILES string of the molecule is C=CC1CC1(C(=O)NOC)c1ccc(Cl)cc1. The van der Waals surface area contributed by atoms with Gasteiger partial charge in [0.05, 0.1) is 12.5 Å². The fraction of sp³-hybridized carbons (Fsp3) is 0.308. The van der Waals surface area contributed by atoms with Gasteiger partial charge in [0, 0.05) is 5.02 Å². The van der Waals surface area contributed by atoms with E-state index in [2.05, 4.69) is 12.1 Å². The van der Waals surface area contributed by atoms with Crippen LogP contribution in [0.3, 0.4) is 0 Å². The molecule has 0 spiro atoms. The van der Waals surface area contributed by atoms with Crippen molar-refractivity contribution in [2.75, 3.05) is 7.11 Å². The van der Waals surface area contributed by atoms with E-state index in [1.54, 1.807) is 12.1 Å². The minimum absolute atomic E-state index is 0.132. The number of halogens is 1. The highest BCUT2D eigenvalue weighted by Gasteiger charge is 2.59. The third-order valence-electron chi connectivity index (χ3n) is 3.26. The molecule has 1 fully saturated rings. The number of nitrogens with one attached hydrogen (secondary N) is 1. The molecule has 0 aliphatic heterocycles. The number of hydroxylamine groups is 1. The second-order valence-electron chi connectivity index (χ2n) is 4.16. The number of hydrogen-bond donors (Lipinski definition) is 1. The van der Waals surface area contributed by atoms with Crippen LogP contribution >= 0.6 is 11.6 Å². The predicted molar refractivity (Wildman–Crippen MR) is 66.6 cm³/mol. The maximum absolute atomic E-state index is 12.1. The van der Waals surface area contributed by atoms with E-state index in [0.717, 1.165) is 12.0 Å². The molecular weight excluding hydrogens is 238 g/mol. The molecule has 4 heteroatoms. The van der Waals surface area contributed by atoms with Crippen molar-refractivity contribution in [1.29, 1.82) is 0 Å². The van der Waals surface area contributed by atoms with Crippen molar-refractivity contribution in [2.45, 2.75) is 11.8 Å². The fourth-order valence-corrected chi connectivity index (χ4v) is 2.35. The summed E-state index contributed by atoms with van der Waals surface area (Å²) in [7, 11) is 1.43. The molecule has 17 heavy (non-hydrogen) atoms. The number of carbonyl (C=O) groups is 1. The first-order valence-corrected chi connectivity index (χ1v) is 5.75. The van der Waals surface area contributed by atoms with Gasteiger partial charge in [-0.15, -0.1) is 6.58 Å². The zero-order chi connectivity index (χ0) is 12.5. The van der Waals surface area contributed by atoms with Crippen LogP contribution in [0.5, 0.6) is 0 Å². The molecule has 1 aromatic carbocycles. The molecule has 0 bridgehead atoms. The Hall–Kier alpha value is -1.32. The van der Waals surface area contributed by atoms with Gasteiger partial charge in [0.15, 0.2) is 0 Å². The Balaban J connectivity index is 2.33. The summed E-state index contributed by atoms with van der Waals surface area (Å²) in [4.78, 5) is 16.8. The average molecular weight is 252 g/mol. The summed E-state index contributed by atoms with van der Waals surface area (Å²) in [5.41, 5.74) is 2.81. The highest BCUT2D eigenvalue weighted by molar-refractivity contribution is 6.30. The van der Waals surface area contributed by atoms with Crippen molar-refractivity contribution in [3.05, 3.63) is 47.5 Å². The van der Waals surface area contributed by atoms with Gasteiger partial charge in [0.25, 0.3) is 5.91 Å². The zero-order valence-corrected chi connectivity index (χ0v) is 10.3. The number of hydrogen-bond acceptors (Lipinski definition) is 2. The topological polar surface area (TPSA) is 38.3 Å². The first-order chi connectivity index (χ1) is 8.15. The monoisotopic (exact) mass is 251 g/mol. The molecule has 0 saturated heterocycles. The summed E-state index contributed by atoms with van der Waals surface area (Å²) in [5.74, 6) is 0.0195. The summed E-state index contributed by atoms with van der Waals surface area (Å²) in [6.07, 6.45) is 2.57. The molecule has 3 nitrogen and oxygen atoms in total. The summed E-state index contributed by atoms with van der Waals surface area (Å²) < 4.78 is 0. The normalized spacial score (nSPS) is 26.4. The maximum Gasteiger partial charge on any atom is 0.254 e. The van der Waals surface area contributed by atoms with Crippen molar-refractivity contribution in [3.8, 4) is 0 Å². The molecule has 1 amide bonds. The molecule has 2 rings (SSSR count). The maximum atomic E-state index is 12.1. The van der Waals surface area contributed by atoms with Gasteiger partial charge in [-0.1, -0.05) is 29.8 Å². The van der Waals surface area contributed by atoms with E-state index in [-0.39, 0.29) is 11.8 Å². The number of rotatable bonds is 4. The van der Waals surface area contributed by atoms with Gasteiger partial charge in [0.1, 0.15) is 0 Å². The number of benzene rings is 1. The van der Waals surface area contributed by atoms with Gasteiger partial charge >= 0.3 is 0 Å². The Labute approximate surface area is 105 Å². The van der Waals surface area contributed by atoms with Crippen LogP contribution in [0.1, 0.15) is 12.0 Å². The molecular formula is C13H14ClNO2. The van der Waals surface area contributed by atoms with Gasteiger partial charge < -0.3 is 0 Å². The lowest BCUT2D eigenvalue weighted by Gasteiger charge is -2.16. The summed E-state index contributed by atoms with van der Waals surface area (Å²) in [6.45, 7) is 3.76. The van der Waals surface area contributed by atoms with Crippen LogP contribution in [0.2, 0.25) is 5.02 Å². The molecule has 2 atom stereocenters. The van der Waals surface area contributed by atoms with Gasteiger partial charge in [0.2, 0.25) is 0 Å². The fourth-order valence-electron chi connectivity index (χ4n) is 2.23. The van der Waals surface area contributed by atoms with Crippen molar-refractivity contribution >= 4 is 17.5 Å². The first-order valence-electron chi connectivity index (χ1n) is 5.37. The predicted octanol–water partition coefficient (Wildman–Crippen LogP) is 2.46. The second-order valence-corrected chi connectivity index (χ2v) is 4.60. The van der Waals surface area contributed by atoms with Crippen LogP contribution in [0.4, 0.5) is 0 Å². The second kappa shape index (κ2) is 4.51. The molecule has 1 aromatic rings. The van der Waals surface area contributed by atoms with Gasteiger partial charge in [-0.05, 0) is 30.0 Å². The highest BCUT2D eigenvalue weighted by atomic mass is 35.5. The smallest absolute Gasteiger partial charge is 0.254 e. The number of allylic oxidation sites excluding steroid dienone is 1. The molecule has 2 unspecified atom stereocenters. The Bertz CT molecular complexity index is 443. The van der Waals surface area contributed by atoms with E-state index in [1.807, 2.05) is 18.2 Å². The Morgan fingerprint density at radius 2 is 2.24 bits per heavy atom. The van der Waals surface area contributed by atoms with Crippen molar-refractivity contribution in [2.24, 2.45) is 5.92 Å². The standard InChI is InChI=1S/C13H14ClNO2/c1-3-9-8-13(9,12(16)15-17-2)10-4-6-11(14)7-5-10/h3-7,9H,1,8H2,2H3,(H,15,16). The largest absolute Gasteiger partial charge is 0.277 e. The zero-order valence-electron chi connectivity index (χ0n) is 9.57. The summed E-state index contributed by atoms with van der Waals surface area (Å²) in [6, 6.07) is 7.33. The molecule has 90 valence electrons. The minimum Gasteiger partial charge on any atom is -0.277 e. The first kappa shape index (κ1) is 12.1. The minimum atomic E-state index is -0.539.